The van der Waals surface area contributed by atoms with Crippen LogP contribution in [0.4, 0.5) is 0 Å². The Labute approximate surface area is 222 Å². The number of ketones is 3. The number of hydrogen-bond donors (Lipinski definition) is 7. The number of phenols is 2. The van der Waals surface area contributed by atoms with E-state index in [-0.39, 0.29) is 34.2 Å². The first-order valence-electron chi connectivity index (χ1n) is 12.5. The Morgan fingerprint density at radius 3 is 2.46 bits per heavy atom. The predicted molar refractivity (Wildman–Crippen MR) is 131 cm³/mol. The fourth-order valence-electron chi connectivity index (χ4n) is 5.81. The second-order valence-corrected chi connectivity index (χ2v) is 10.3. The van der Waals surface area contributed by atoms with Gasteiger partial charge in [0.05, 0.1) is 36.0 Å². The number of ether oxygens (including phenoxy) is 2. The van der Waals surface area contributed by atoms with E-state index in [0.29, 0.717) is 0 Å². The summed E-state index contributed by atoms with van der Waals surface area (Å²) in [5.41, 5.74) is 2.35. The average molecular weight is 544 g/mol. The minimum atomic E-state index is -2.25. The highest BCUT2D eigenvalue weighted by molar-refractivity contribution is 6.31. The van der Waals surface area contributed by atoms with Crippen LogP contribution < -0.4 is 5.73 Å². The zero-order valence-electron chi connectivity index (χ0n) is 21.0. The molecule has 2 aliphatic carbocycles. The SMILES string of the molecule is C[C@H]1OC(O[C@H]2C[C@](O)(C(=O)CO)Cc3c(O)c4c(c(O)c32)C(=O)c2c(CO)cccc2C4=O)CC(N)C1O. The van der Waals surface area contributed by atoms with Crippen molar-refractivity contribution in [2.24, 2.45) is 5.73 Å². The van der Waals surface area contributed by atoms with Gasteiger partial charge in [0.2, 0.25) is 0 Å². The first-order chi connectivity index (χ1) is 18.4. The summed E-state index contributed by atoms with van der Waals surface area (Å²) in [5.74, 6) is -4.00. The van der Waals surface area contributed by atoms with Crippen LogP contribution in [0.25, 0.3) is 0 Å². The quantitative estimate of drug-likeness (QED) is 0.202. The highest BCUT2D eigenvalue weighted by Crippen LogP contribution is 2.52. The molecule has 6 atom stereocenters. The summed E-state index contributed by atoms with van der Waals surface area (Å²) in [7, 11) is 0. The van der Waals surface area contributed by atoms with Crippen LogP contribution in [-0.2, 0) is 27.3 Å². The number of aliphatic hydroxyl groups is 4. The Balaban J connectivity index is 1.69. The molecule has 1 aliphatic heterocycles. The van der Waals surface area contributed by atoms with Crippen molar-refractivity contribution in [1.29, 1.82) is 0 Å². The van der Waals surface area contributed by atoms with Crippen LogP contribution in [0, 0.1) is 0 Å². The number of benzene rings is 2. The molecule has 3 unspecified atom stereocenters. The Morgan fingerprint density at radius 1 is 1.13 bits per heavy atom. The fraction of sp³-hybridized carbons (Fsp3) is 0.444. The summed E-state index contributed by atoms with van der Waals surface area (Å²) in [4.78, 5) is 39.7. The molecule has 12 nitrogen and oxygen atoms in total. The van der Waals surface area contributed by atoms with Crippen molar-refractivity contribution >= 4 is 17.3 Å². The number of aliphatic hydroxyl groups excluding tert-OH is 3. The van der Waals surface area contributed by atoms with Gasteiger partial charge in [-0.05, 0) is 12.5 Å². The molecule has 5 rings (SSSR count). The van der Waals surface area contributed by atoms with E-state index in [9.17, 15) is 45.0 Å². The van der Waals surface area contributed by atoms with E-state index in [1.807, 2.05) is 0 Å². The monoisotopic (exact) mass is 543 g/mol. The zero-order valence-corrected chi connectivity index (χ0v) is 21.0. The molecule has 0 amide bonds. The lowest BCUT2D eigenvalue weighted by Crippen LogP contribution is -2.53. The number of aromatic hydroxyl groups is 2. The molecule has 0 saturated carbocycles. The summed E-state index contributed by atoms with van der Waals surface area (Å²) in [6, 6.07) is 3.53. The van der Waals surface area contributed by atoms with Gasteiger partial charge in [-0.3, -0.25) is 14.4 Å². The van der Waals surface area contributed by atoms with Crippen molar-refractivity contribution in [3.63, 3.8) is 0 Å². The van der Waals surface area contributed by atoms with Crippen LogP contribution in [0.1, 0.15) is 74.4 Å². The molecule has 1 saturated heterocycles. The minimum absolute atomic E-state index is 0.00600. The van der Waals surface area contributed by atoms with Crippen LogP contribution in [-0.4, -0.2) is 84.7 Å². The number of carbonyl (C=O) groups excluding carboxylic acids is 3. The largest absolute Gasteiger partial charge is 0.507 e. The predicted octanol–water partition coefficient (Wildman–Crippen LogP) is -0.515. The maximum Gasteiger partial charge on any atom is 0.198 e. The molecule has 12 heteroatoms. The molecule has 208 valence electrons. The topological polar surface area (TPSA) is 217 Å². The van der Waals surface area contributed by atoms with E-state index in [0.717, 1.165) is 0 Å². The number of nitrogens with two attached hydrogens (primary N) is 1. The first kappa shape index (κ1) is 27.3. The second-order valence-electron chi connectivity index (χ2n) is 10.3. The third kappa shape index (κ3) is 4.16. The molecule has 8 N–H and O–H groups in total. The number of fused-ring (bicyclic) bond motifs is 3. The molecular formula is C27H29NO11. The van der Waals surface area contributed by atoms with Crippen molar-refractivity contribution in [3.8, 4) is 11.5 Å². The Bertz CT molecular complexity index is 1380. The third-order valence-electron chi connectivity index (χ3n) is 7.88. The van der Waals surface area contributed by atoms with Crippen molar-refractivity contribution in [1.82, 2.24) is 0 Å². The zero-order chi connectivity index (χ0) is 28.4. The van der Waals surface area contributed by atoms with E-state index in [1.165, 1.54) is 18.2 Å². The van der Waals surface area contributed by atoms with Crippen LogP contribution in [0.2, 0.25) is 0 Å². The Kier molecular flexibility index (Phi) is 6.84. The lowest BCUT2D eigenvalue weighted by Gasteiger charge is -2.42. The maximum absolute atomic E-state index is 13.6. The van der Waals surface area contributed by atoms with E-state index in [4.69, 9.17) is 15.2 Å². The number of hydrogen-bond acceptors (Lipinski definition) is 12. The molecule has 2 aromatic carbocycles. The Hall–Kier alpha value is -3.23. The van der Waals surface area contributed by atoms with Gasteiger partial charge in [0.15, 0.2) is 23.6 Å². The number of phenolic OH excluding ortho intramolecular Hbond substituents is 2. The molecule has 1 fully saturated rings. The van der Waals surface area contributed by atoms with Crippen molar-refractivity contribution in [2.45, 2.75) is 69.0 Å². The van der Waals surface area contributed by atoms with E-state index in [1.54, 1.807) is 6.92 Å². The van der Waals surface area contributed by atoms with Gasteiger partial charge in [0.1, 0.15) is 23.7 Å². The fourth-order valence-corrected chi connectivity index (χ4v) is 5.81. The van der Waals surface area contributed by atoms with Crippen LogP contribution in [0.3, 0.4) is 0 Å². The molecule has 3 aliphatic rings. The van der Waals surface area contributed by atoms with E-state index < -0.39 is 102 Å². The van der Waals surface area contributed by atoms with Gasteiger partial charge in [0, 0.05) is 47.6 Å². The molecular weight excluding hydrogens is 514 g/mol. The lowest BCUT2D eigenvalue weighted by molar-refractivity contribution is -0.247. The van der Waals surface area contributed by atoms with E-state index in [2.05, 4.69) is 0 Å². The van der Waals surface area contributed by atoms with Crippen LogP contribution in [0.15, 0.2) is 18.2 Å². The summed E-state index contributed by atoms with van der Waals surface area (Å²) < 4.78 is 11.7. The minimum Gasteiger partial charge on any atom is -0.507 e. The van der Waals surface area contributed by atoms with Crippen LogP contribution in [0.5, 0.6) is 11.5 Å². The lowest BCUT2D eigenvalue weighted by atomic mass is 9.71. The standard InChI is InChI=1S/C27H29NO11/c1-10-22(32)14(28)5-17(38-10)39-15-7-27(37,16(31)9-30)6-13-19(15)26(36)21-20(24(13)34)23(33)12-4-2-3-11(8-29)18(12)25(21)35/h2-4,10,14-15,17,22,29-30,32,34,36-37H,5-9,28H2,1H3/t10-,14?,15+,17?,22?,27+/m1/s1. The molecule has 0 aromatic heterocycles. The van der Waals surface area contributed by atoms with Gasteiger partial charge in [0.25, 0.3) is 0 Å². The normalized spacial score (nSPS) is 29.9. The van der Waals surface area contributed by atoms with Crippen molar-refractivity contribution < 1.29 is 54.5 Å². The molecule has 39 heavy (non-hydrogen) atoms. The molecule has 1 heterocycles. The summed E-state index contributed by atoms with van der Waals surface area (Å²) in [5, 5.41) is 63.4. The Morgan fingerprint density at radius 2 is 1.82 bits per heavy atom. The van der Waals surface area contributed by atoms with Gasteiger partial charge < -0.3 is 45.8 Å². The third-order valence-corrected chi connectivity index (χ3v) is 7.88. The average Bonchev–Trinajstić information content (AvgIpc) is 2.90. The highest BCUT2D eigenvalue weighted by atomic mass is 16.7. The van der Waals surface area contributed by atoms with Gasteiger partial charge in [-0.25, -0.2) is 0 Å². The van der Waals surface area contributed by atoms with Gasteiger partial charge in [-0.1, -0.05) is 18.2 Å². The second kappa shape index (κ2) is 9.75. The van der Waals surface area contributed by atoms with Crippen molar-refractivity contribution in [3.05, 3.63) is 57.1 Å². The van der Waals surface area contributed by atoms with Gasteiger partial charge in [-0.2, -0.15) is 0 Å². The van der Waals surface area contributed by atoms with Gasteiger partial charge in [-0.15, -0.1) is 0 Å². The molecule has 2 aromatic rings. The smallest absolute Gasteiger partial charge is 0.198 e. The number of carbonyl (C=O) groups is 3. The number of Topliss-reactive ketones (excluding diaryl/α,β-unsaturated/α-hetero) is 1. The first-order valence-corrected chi connectivity index (χ1v) is 12.5. The highest BCUT2D eigenvalue weighted by Gasteiger charge is 2.50. The molecule has 0 spiro atoms. The van der Waals surface area contributed by atoms with Gasteiger partial charge >= 0.3 is 0 Å². The van der Waals surface area contributed by atoms with Crippen LogP contribution >= 0.6 is 0 Å². The number of rotatable bonds is 5. The summed E-state index contributed by atoms with van der Waals surface area (Å²) in [6.45, 7) is -0.0137. The summed E-state index contributed by atoms with van der Waals surface area (Å²) >= 11 is 0. The van der Waals surface area contributed by atoms with E-state index >= 15 is 0 Å². The maximum atomic E-state index is 13.6. The molecule has 0 radical (unpaired) electrons. The summed E-state index contributed by atoms with van der Waals surface area (Å²) in [6.07, 6.45) is -5.21. The van der Waals surface area contributed by atoms with Crippen molar-refractivity contribution in [2.75, 3.05) is 6.61 Å². The molecule has 0 bridgehead atoms.